The maximum Gasteiger partial charge on any atom is 0.126 e. The summed E-state index contributed by atoms with van der Waals surface area (Å²) in [4.78, 5) is 0. The van der Waals surface area contributed by atoms with Crippen LogP contribution in [-0.2, 0) is 26.2 Å². The van der Waals surface area contributed by atoms with Crippen LogP contribution in [0.4, 0.5) is 0 Å². The minimum Gasteiger partial charge on any atom is -0.731 e. The Labute approximate surface area is 186 Å². The number of hydrogen-bond donors (Lipinski definition) is 2. The Balaban J connectivity index is 0. The quantitative estimate of drug-likeness (QED) is 0.328. The summed E-state index contributed by atoms with van der Waals surface area (Å²) >= 11 is 0. The first kappa shape index (κ1) is 28.1. The van der Waals surface area contributed by atoms with Gasteiger partial charge in [-0.15, -0.1) is 0 Å². The molecule has 0 fully saturated rings. The standard InChI is InChI=1S/2C10H15.C4H8O2.Zr/c2*1-6-7(2)9(4)10(5)8(6)3;1-3(5)4(2)6;/h2*1-5H3;5-6H,1-2H3;/q-5;-1;;/b;;4-3-;. The zero-order chi connectivity index (χ0) is 20.9. The van der Waals surface area contributed by atoms with Crippen molar-refractivity contribution < 1.29 is 36.4 Å². The van der Waals surface area contributed by atoms with Crippen molar-refractivity contribution in [2.75, 3.05) is 0 Å². The molecule has 0 heterocycles. The zero-order valence-electron chi connectivity index (χ0n) is 19.4. The van der Waals surface area contributed by atoms with Crippen molar-refractivity contribution in [3.8, 4) is 0 Å². The third kappa shape index (κ3) is 7.11. The Bertz CT molecular complexity index is 552. The van der Waals surface area contributed by atoms with E-state index in [1.165, 1.54) is 69.5 Å². The van der Waals surface area contributed by atoms with Crippen LogP contribution in [0.25, 0.3) is 0 Å². The monoisotopic (exact) mass is 448 g/mol. The predicted octanol–water partition coefficient (Wildman–Crippen LogP) is 7.25. The summed E-state index contributed by atoms with van der Waals surface area (Å²) in [5.41, 5.74) is 14.7. The van der Waals surface area contributed by atoms with Gasteiger partial charge in [0.2, 0.25) is 0 Å². The van der Waals surface area contributed by atoms with Crippen LogP contribution in [-0.4, -0.2) is 10.2 Å². The number of aliphatic hydroxyl groups is 2. The van der Waals surface area contributed by atoms with Crippen LogP contribution in [0.1, 0.15) is 69.5 Å². The predicted molar refractivity (Wildman–Crippen MR) is 115 cm³/mol. The van der Waals surface area contributed by atoms with Gasteiger partial charge in [0.1, 0.15) is 11.5 Å². The van der Waals surface area contributed by atoms with E-state index in [-0.39, 0.29) is 37.7 Å². The summed E-state index contributed by atoms with van der Waals surface area (Å²) in [5, 5.41) is 16.5. The van der Waals surface area contributed by atoms with Crippen LogP contribution in [0.3, 0.4) is 0 Å². The molecule has 0 aliphatic heterocycles. The third-order valence-electron chi connectivity index (χ3n) is 6.15. The van der Waals surface area contributed by atoms with E-state index < -0.39 is 0 Å². The molecule has 0 aromatic heterocycles. The number of rotatable bonds is 0. The summed E-state index contributed by atoms with van der Waals surface area (Å²) in [7, 11) is 0. The molecule has 2 aromatic carbocycles. The van der Waals surface area contributed by atoms with E-state index in [0.717, 1.165) is 0 Å². The van der Waals surface area contributed by atoms with E-state index in [0.29, 0.717) is 0 Å². The Morgan fingerprint density at radius 1 is 0.556 bits per heavy atom. The first-order valence-electron chi connectivity index (χ1n) is 9.20. The SMILES string of the molecule is C/C(O)=C(\C)O.C[c-]1[c-](C)[c-](C)[c-](C)[c-]1C.Cc1c(C)c(C)[c-](C)c1C.[Zr]. The average Bonchev–Trinajstić information content (AvgIpc) is 2.86. The topological polar surface area (TPSA) is 40.5 Å². The molecule has 27 heavy (non-hydrogen) atoms. The fourth-order valence-corrected chi connectivity index (χ4v) is 2.81. The van der Waals surface area contributed by atoms with E-state index in [1.807, 2.05) is 0 Å². The number of aliphatic hydroxyl groups excluding tert-OH is 2. The molecule has 0 aliphatic rings. The van der Waals surface area contributed by atoms with Gasteiger partial charge in [0.15, 0.2) is 0 Å². The molecular weight excluding hydrogens is 411 g/mol. The molecule has 0 saturated carbocycles. The molecule has 0 radical (unpaired) electrons. The first-order valence-corrected chi connectivity index (χ1v) is 9.20. The van der Waals surface area contributed by atoms with Crippen LogP contribution in [0.5, 0.6) is 0 Å². The second-order valence-electron chi connectivity index (χ2n) is 7.42. The van der Waals surface area contributed by atoms with Gasteiger partial charge in [-0.2, -0.15) is 27.8 Å². The Morgan fingerprint density at radius 3 is 0.815 bits per heavy atom. The normalized spacial score (nSPS) is 10.8. The second kappa shape index (κ2) is 11.7. The van der Waals surface area contributed by atoms with Crippen molar-refractivity contribution in [1.82, 2.24) is 0 Å². The third-order valence-corrected chi connectivity index (χ3v) is 6.15. The zero-order valence-corrected chi connectivity index (χ0v) is 21.9. The van der Waals surface area contributed by atoms with E-state index in [2.05, 4.69) is 69.2 Å². The van der Waals surface area contributed by atoms with Crippen molar-refractivity contribution in [2.45, 2.75) is 83.1 Å². The van der Waals surface area contributed by atoms with Crippen molar-refractivity contribution >= 4 is 0 Å². The van der Waals surface area contributed by atoms with Gasteiger partial charge in [-0.05, 0) is 13.8 Å². The van der Waals surface area contributed by atoms with E-state index in [4.69, 9.17) is 10.2 Å². The first-order chi connectivity index (χ1) is 11.7. The Hall–Kier alpha value is -1.08. The smallest absolute Gasteiger partial charge is 0.126 e. The second-order valence-corrected chi connectivity index (χ2v) is 7.42. The molecule has 0 amide bonds. The molecular formula is C24H38O2Zr-6. The van der Waals surface area contributed by atoms with E-state index in [1.54, 1.807) is 0 Å². The molecule has 2 aromatic rings. The minimum absolute atomic E-state index is 0. The average molecular weight is 450 g/mol. The molecule has 156 valence electrons. The molecule has 0 aliphatic carbocycles. The van der Waals surface area contributed by atoms with Crippen LogP contribution in [0.2, 0.25) is 0 Å². The molecule has 0 unspecified atom stereocenters. The summed E-state index contributed by atoms with van der Waals surface area (Å²) in [5.74, 6) is -0.0370. The van der Waals surface area contributed by atoms with Crippen molar-refractivity contribution in [3.63, 3.8) is 0 Å². The molecule has 2 N–H and O–H groups in total. The maximum atomic E-state index is 8.26. The van der Waals surface area contributed by atoms with Crippen LogP contribution in [0, 0.1) is 69.2 Å². The molecule has 0 bridgehead atoms. The van der Waals surface area contributed by atoms with E-state index in [9.17, 15) is 0 Å². The van der Waals surface area contributed by atoms with Crippen molar-refractivity contribution in [1.29, 1.82) is 0 Å². The van der Waals surface area contributed by atoms with Crippen LogP contribution in [0.15, 0.2) is 11.5 Å². The molecule has 0 atom stereocenters. The van der Waals surface area contributed by atoms with Gasteiger partial charge in [-0.3, -0.25) is 0 Å². The molecule has 2 rings (SSSR count). The summed E-state index contributed by atoms with van der Waals surface area (Å²) in [6, 6.07) is 0. The van der Waals surface area contributed by atoms with Gasteiger partial charge in [-0.25, -0.2) is 34.6 Å². The van der Waals surface area contributed by atoms with Crippen molar-refractivity contribution in [2.24, 2.45) is 0 Å². The fraction of sp³-hybridized carbons (Fsp3) is 0.500. The van der Waals surface area contributed by atoms with Crippen molar-refractivity contribution in [3.05, 3.63) is 67.2 Å². The summed E-state index contributed by atoms with van der Waals surface area (Å²) in [6.45, 7) is 24.8. The maximum absolute atomic E-state index is 8.26. The Kier molecular flexibility index (Phi) is 12.2. The minimum atomic E-state index is -0.0185. The Morgan fingerprint density at radius 2 is 0.741 bits per heavy atom. The number of hydrogen-bond acceptors (Lipinski definition) is 2. The molecule has 0 saturated heterocycles. The van der Waals surface area contributed by atoms with Crippen LogP contribution >= 0.6 is 0 Å². The molecule has 3 heteroatoms. The number of allylic oxidation sites excluding steroid dienone is 2. The van der Waals surface area contributed by atoms with Gasteiger partial charge in [0.05, 0.1) is 0 Å². The van der Waals surface area contributed by atoms with E-state index >= 15 is 0 Å². The van der Waals surface area contributed by atoms with Crippen LogP contribution < -0.4 is 0 Å². The summed E-state index contributed by atoms with van der Waals surface area (Å²) in [6.07, 6.45) is 0. The van der Waals surface area contributed by atoms with Gasteiger partial charge in [0, 0.05) is 26.2 Å². The summed E-state index contributed by atoms with van der Waals surface area (Å²) < 4.78 is 0. The van der Waals surface area contributed by atoms with Gasteiger partial charge >= 0.3 is 0 Å². The van der Waals surface area contributed by atoms with Gasteiger partial charge < -0.3 is 38.0 Å². The largest absolute Gasteiger partial charge is 0.731 e. The van der Waals surface area contributed by atoms with Gasteiger partial charge in [0.25, 0.3) is 0 Å². The van der Waals surface area contributed by atoms with Gasteiger partial charge in [-0.1, -0.05) is 34.6 Å². The molecule has 0 spiro atoms. The molecule has 2 nitrogen and oxygen atoms in total. The fourth-order valence-electron chi connectivity index (χ4n) is 2.81.